The molecular weight excluding hydrogens is 240 g/mol. The second-order valence-corrected chi connectivity index (χ2v) is 5.32. The summed E-state index contributed by atoms with van der Waals surface area (Å²) in [7, 11) is 0. The average Bonchev–Trinajstić information content (AvgIpc) is 2.64. The van der Waals surface area contributed by atoms with Crippen molar-refractivity contribution in [3.05, 3.63) is 38.7 Å². The van der Waals surface area contributed by atoms with E-state index < -0.39 is 0 Å². The maximum Gasteiger partial charge on any atom is 0.107 e. The molecule has 0 saturated carbocycles. The van der Waals surface area contributed by atoms with E-state index in [1.807, 2.05) is 25.1 Å². The molecular formula is C12H13ClN2S. The minimum atomic E-state index is 0.491. The first-order valence-electron chi connectivity index (χ1n) is 5.05. The molecule has 0 atom stereocenters. The molecule has 0 aliphatic carbocycles. The Morgan fingerprint density at radius 2 is 2.12 bits per heavy atom. The van der Waals surface area contributed by atoms with E-state index in [1.54, 1.807) is 11.3 Å². The standard InChI is InChI=1S/C12H13ClN2S/c1-7-9(4-3-5-10(7)13)12-8(2)16-11(6-14)15-12/h3-5H,6,14H2,1-2H3. The van der Waals surface area contributed by atoms with Crippen LogP contribution in [-0.2, 0) is 6.54 Å². The number of aromatic nitrogens is 1. The fraction of sp³-hybridized carbons (Fsp3) is 0.250. The number of benzene rings is 1. The van der Waals surface area contributed by atoms with Crippen molar-refractivity contribution >= 4 is 22.9 Å². The van der Waals surface area contributed by atoms with E-state index >= 15 is 0 Å². The van der Waals surface area contributed by atoms with E-state index in [4.69, 9.17) is 17.3 Å². The lowest BCUT2D eigenvalue weighted by Gasteiger charge is -2.05. The third kappa shape index (κ3) is 1.98. The molecule has 0 radical (unpaired) electrons. The Hall–Kier alpha value is -0.900. The van der Waals surface area contributed by atoms with Gasteiger partial charge in [-0.2, -0.15) is 0 Å². The molecule has 16 heavy (non-hydrogen) atoms. The first-order chi connectivity index (χ1) is 7.63. The van der Waals surface area contributed by atoms with Crippen LogP contribution in [0.1, 0.15) is 15.4 Å². The predicted molar refractivity (Wildman–Crippen MR) is 69.9 cm³/mol. The maximum absolute atomic E-state index is 6.11. The van der Waals surface area contributed by atoms with Gasteiger partial charge in [0.15, 0.2) is 0 Å². The number of nitrogens with zero attached hydrogens (tertiary/aromatic N) is 1. The molecule has 2 N–H and O–H groups in total. The lowest BCUT2D eigenvalue weighted by Crippen LogP contribution is -1.95. The van der Waals surface area contributed by atoms with Crippen molar-refractivity contribution in [2.24, 2.45) is 5.73 Å². The fourth-order valence-electron chi connectivity index (χ4n) is 1.65. The first kappa shape index (κ1) is 11.6. The highest BCUT2D eigenvalue weighted by molar-refractivity contribution is 7.12. The van der Waals surface area contributed by atoms with E-state index in [9.17, 15) is 0 Å². The van der Waals surface area contributed by atoms with Crippen LogP contribution in [0.5, 0.6) is 0 Å². The smallest absolute Gasteiger partial charge is 0.107 e. The van der Waals surface area contributed by atoms with Gasteiger partial charge in [0, 0.05) is 22.0 Å². The highest BCUT2D eigenvalue weighted by Gasteiger charge is 2.12. The zero-order chi connectivity index (χ0) is 11.7. The van der Waals surface area contributed by atoms with Gasteiger partial charge in [0.2, 0.25) is 0 Å². The monoisotopic (exact) mass is 252 g/mol. The lowest BCUT2D eigenvalue weighted by molar-refractivity contribution is 1.04. The van der Waals surface area contributed by atoms with E-state index in [2.05, 4.69) is 11.9 Å². The molecule has 2 aromatic rings. The van der Waals surface area contributed by atoms with Gasteiger partial charge in [-0.05, 0) is 25.5 Å². The van der Waals surface area contributed by atoms with Crippen LogP contribution in [-0.4, -0.2) is 4.98 Å². The van der Waals surface area contributed by atoms with E-state index in [0.717, 1.165) is 26.9 Å². The van der Waals surface area contributed by atoms with Crippen LogP contribution in [0.15, 0.2) is 18.2 Å². The zero-order valence-electron chi connectivity index (χ0n) is 9.25. The summed E-state index contributed by atoms with van der Waals surface area (Å²) < 4.78 is 0. The van der Waals surface area contributed by atoms with Gasteiger partial charge in [0.05, 0.1) is 5.69 Å². The molecule has 0 amide bonds. The molecule has 1 aromatic heterocycles. The van der Waals surface area contributed by atoms with Gasteiger partial charge in [-0.25, -0.2) is 4.98 Å². The predicted octanol–water partition coefficient (Wildman–Crippen LogP) is 3.54. The summed E-state index contributed by atoms with van der Waals surface area (Å²) in [5.74, 6) is 0. The number of hydrogen-bond acceptors (Lipinski definition) is 3. The molecule has 1 aromatic carbocycles. The van der Waals surface area contributed by atoms with Crippen LogP contribution < -0.4 is 5.73 Å². The molecule has 0 aliphatic rings. The van der Waals surface area contributed by atoms with Gasteiger partial charge in [0.1, 0.15) is 5.01 Å². The number of halogens is 1. The third-order valence-electron chi connectivity index (χ3n) is 2.54. The van der Waals surface area contributed by atoms with Crippen molar-refractivity contribution in [1.82, 2.24) is 4.98 Å². The summed E-state index contributed by atoms with van der Waals surface area (Å²) in [6.07, 6.45) is 0. The van der Waals surface area contributed by atoms with Gasteiger partial charge in [-0.1, -0.05) is 23.7 Å². The molecule has 0 spiro atoms. The van der Waals surface area contributed by atoms with Crippen molar-refractivity contribution < 1.29 is 0 Å². The first-order valence-corrected chi connectivity index (χ1v) is 6.24. The van der Waals surface area contributed by atoms with Gasteiger partial charge >= 0.3 is 0 Å². The van der Waals surface area contributed by atoms with E-state index in [1.165, 1.54) is 4.88 Å². The van der Waals surface area contributed by atoms with Gasteiger partial charge < -0.3 is 5.73 Å². The quantitative estimate of drug-likeness (QED) is 0.888. The second-order valence-electron chi connectivity index (χ2n) is 3.63. The van der Waals surface area contributed by atoms with Crippen molar-refractivity contribution in [2.45, 2.75) is 20.4 Å². The lowest BCUT2D eigenvalue weighted by atomic mass is 10.1. The summed E-state index contributed by atoms with van der Waals surface area (Å²) in [6.45, 7) is 4.57. The normalized spacial score (nSPS) is 10.8. The molecule has 0 aliphatic heterocycles. The molecule has 1 heterocycles. The average molecular weight is 253 g/mol. The molecule has 0 saturated heterocycles. The van der Waals surface area contributed by atoms with Crippen LogP contribution in [0.2, 0.25) is 5.02 Å². The SMILES string of the molecule is Cc1sc(CN)nc1-c1cccc(Cl)c1C. The Kier molecular flexibility index (Phi) is 3.28. The summed E-state index contributed by atoms with van der Waals surface area (Å²) in [5.41, 5.74) is 8.77. The maximum atomic E-state index is 6.11. The van der Waals surface area contributed by atoms with Crippen molar-refractivity contribution in [3.8, 4) is 11.3 Å². The molecule has 0 unspecified atom stereocenters. The van der Waals surface area contributed by atoms with Crippen LogP contribution in [0.3, 0.4) is 0 Å². The van der Waals surface area contributed by atoms with E-state index in [-0.39, 0.29) is 0 Å². The Bertz CT molecular complexity index is 520. The van der Waals surface area contributed by atoms with Crippen molar-refractivity contribution in [2.75, 3.05) is 0 Å². The second kappa shape index (κ2) is 4.53. The van der Waals surface area contributed by atoms with Crippen LogP contribution in [0.25, 0.3) is 11.3 Å². The summed E-state index contributed by atoms with van der Waals surface area (Å²) >= 11 is 7.75. The Labute approximate surface area is 104 Å². The molecule has 0 bridgehead atoms. The zero-order valence-corrected chi connectivity index (χ0v) is 10.8. The molecule has 4 heteroatoms. The molecule has 0 fully saturated rings. The van der Waals surface area contributed by atoms with Crippen molar-refractivity contribution in [3.63, 3.8) is 0 Å². The third-order valence-corrected chi connectivity index (χ3v) is 3.94. The fourth-order valence-corrected chi connectivity index (χ4v) is 2.65. The topological polar surface area (TPSA) is 38.9 Å². The van der Waals surface area contributed by atoms with Gasteiger partial charge in [-0.15, -0.1) is 11.3 Å². The van der Waals surface area contributed by atoms with E-state index in [0.29, 0.717) is 6.54 Å². The number of aryl methyl sites for hydroxylation is 1. The summed E-state index contributed by atoms with van der Waals surface area (Å²) in [5, 5.41) is 1.74. The van der Waals surface area contributed by atoms with Crippen LogP contribution in [0, 0.1) is 13.8 Å². The van der Waals surface area contributed by atoms with Gasteiger partial charge in [-0.3, -0.25) is 0 Å². The molecule has 84 valence electrons. The number of rotatable bonds is 2. The molecule has 2 nitrogen and oxygen atoms in total. The molecule has 2 rings (SSSR count). The number of hydrogen-bond donors (Lipinski definition) is 1. The van der Waals surface area contributed by atoms with Gasteiger partial charge in [0.25, 0.3) is 0 Å². The minimum absolute atomic E-state index is 0.491. The van der Waals surface area contributed by atoms with Crippen molar-refractivity contribution in [1.29, 1.82) is 0 Å². The highest BCUT2D eigenvalue weighted by Crippen LogP contribution is 2.32. The highest BCUT2D eigenvalue weighted by atomic mass is 35.5. The largest absolute Gasteiger partial charge is 0.325 e. The summed E-state index contributed by atoms with van der Waals surface area (Å²) in [4.78, 5) is 5.72. The summed E-state index contributed by atoms with van der Waals surface area (Å²) in [6, 6.07) is 5.89. The Morgan fingerprint density at radius 3 is 2.75 bits per heavy atom. The van der Waals surface area contributed by atoms with Crippen LogP contribution >= 0.6 is 22.9 Å². The van der Waals surface area contributed by atoms with Crippen LogP contribution in [0.4, 0.5) is 0 Å². The Morgan fingerprint density at radius 1 is 1.38 bits per heavy atom. The Balaban J connectivity index is 2.58. The number of nitrogens with two attached hydrogens (primary N) is 1. The minimum Gasteiger partial charge on any atom is -0.325 e. The number of thiazole rings is 1.